The van der Waals surface area contributed by atoms with Gasteiger partial charge in [0.15, 0.2) is 5.78 Å². The highest BCUT2D eigenvalue weighted by Gasteiger charge is 2.27. The van der Waals surface area contributed by atoms with Crippen LogP contribution in [0.2, 0.25) is 0 Å². The van der Waals surface area contributed by atoms with Crippen molar-refractivity contribution in [2.75, 3.05) is 0 Å². The van der Waals surface area contributed by atoms with Gasteiger partial charge in [-0.25, -0.2) is 0 Å². The minimum atomic E-state index is -0.797. The maximum atomic E-state index is 11.7. The summed E-state index contributed by atoms with van der Waals surface area (Å²) in [5.41, 5.74) is 0.648. The van der Waals surface area contributed by atoms with Crippen LogP contribution in [-0.4, -0.2) is 16.9 Å². The quantitative estimate of drug-likeness (QED) is 0.768. The molecule has 0 aliphatic heterocycles. The SMILES string of the molecule is C=CC1=CC=C(CCCC(C)(C)C(=O)O)C1=O. The van der Waals surface area contributed by atoms with Crippen molar-refractivity contribution >= 4 is 11.8 Å². The van der Waals surface area contributed by atoms with Crippen LogP contribution < -0.4 is 0 Å². The maximum absolute atomic E-state index is 11.7. The molecule has 0 amide bonds. The summed E-state index contributed by atoms with van der Waals surface area (Å²) in [6.45, 7) is 6.97. The van der Waals surface area contributed by atoms with Gasteiger partial charge in [-0.2, -0.15) is 0 Å². The number of aliphatic carboxylic acids is 1. The van der Waals surface area contributed by atoms with E-state index in [1.807, 2.05) is 0 Å². The highest BCUT2D eigenvalue weighted by Crippen LogP contribution is 2.27. The Morgan fingerprint density at radius 1 is 1.47 bits per heavy atom. The lowest BCUT2D eigenvalue weighted by Crippen LogP contribution is -2.23. The first kappa shape index (κ1) is 13.4. The lowest BCUT2D eigenvalue weighted by Gasteiger charge is -2.18. The number of hydrogen-bond donors (Lipinski definition) is 1. The highest BCUT2D eigenvalue weighted by atomic mass is 16.4. The van der Waals surface area contributed by atoms with Gasteiger partial charge in [-0.1, -0.05) is 24.8 Å². The summed E-state index contributed by atoms with van der Waals surface area (Å²) in [5.74, 6) is -0.776. The van der Waals surface area contributed by atoms with Crippen LogP contribution in [-0.2, 0) is 9.59 Å². The molecule has 0 aromatic rings. The van der Waals surface area contributed by atoms with Gasteiger partial charge >= 0.3 is 5.97 Å². The minimum absolute atomic E-state index is 0.0214. The Labute approximate surface area is 102 Å². The molecule has 0 atom stereocenters. The lowest BCUT2D eigenvalue weighted by molar-refractivity contribution is -0.147. The van der Waals surface area contributed by atoms with Crippen LogP contribution in [0.25, 0.3) is 0 Å². The molecular weight excluding hydrogens is 216 g/mol. The lowest BCUT2D eigenvalue weighted by atomic mass is 9.86. The Balaban J connectivity index is 2.43. The molecule has 0 fully saturated rings. The molecule has 1 aliphatic rings. The maximum Gasteiger partial charge on any atom is 0.309 e. The molecule has 92 valence electrons. The summed E-state index contributed by atoms with van der Waals surface area (Å²) in [4.78, 5) is 22.6. The Morgan fingerprint density at radius 3 is 2.59 bits per heavy atom. The van der Waals surface area contributed by atoms with Gasteiger partial charge in [-0.15, -0.1) is 0 Å². The van der Waals surface area contributed by atoms with Gasteiger partial charge in [-0.3, -0.25) is 9.59 Å². The molecule has 0 aromatic heterocycles. The third-order valence-electron chi connectivity index (χ3n) is 3.06. The van der Waals surface area contributed by atoms with E-state index in [1.165, 1.54) is 0 Å². The number of carbonyl (C=O) groups is 2. The summed E-state index contributed by atoms with van der Waals surface area (Å²) in [7, 11) is 0. The smallest absolute Gasteiger partial charge is 0.309 e. The zero-order valence-corrected chi connectivity index (χ0v) is 10.3. The predicted molar refractivity (Wildman–Crippen MR) is 66.6 cm³/mol. The van der Waals surface area contributed by atoms with Gasteiger partial charge < -0.3 is 5.11 Å². The van der Waals surface area contributed by atoms with Crippen LogP contribution in [0.1, 0.15) is 33.1 Å². The monoisotopic (exact) mass is 234 g/mol. The fraction of sp³-hybridized carbons (Fsp3) is 0.429. The Morgan fingerprint density at radius 2 is 2.12 bits per heavy atom. The van der Waals surface area contributed by atoms with Gasteiger partial charge in [0.2, 0.25) is 0 Å². The average Bonchev–Trinajstić information content (AvgIpc) is 2.59. The molecule has 0 saturated carbocycles. The van der Waals surface area contributed by atoms with Crippen molar-refractivity contribution in [2.24, 2.45) is 5.41 Å². The molecule has 0 unspecified atom stereocenters. The van der Waals surface area contributed by atoms with Crippen LogP contribution in [0.15, 0.2) is 36.0 Å². The summed E-state index contributed by atoms with van der Waals surface area (Å²) >= 11 is 0. The zero-order chi connectivity index (χ0) is 13.1. The fourth-order valence-corrected chi connectivity index (χ4v) is 1.71. The number of carbonyl (C=O) groups excluding carboxylic acids is 1. The molecule has 1 N–H and O–H groups in total. The summed E-state index contributed by atoms with van der Waals surface area (Å²) in [5, 5.41) is 8.96. The molecule has 0 aromatic carbocycles. The van der Waals surface area contributed by atoms with Crippen molar-refractivity contribution in [3.63, 3.8) is 0 Å². The van der Waals surface area contributed by atoms with Crippen LogP contribution in [0.5, 0.6) is 0 Å². The Hall–Kier alpha value is -1.64. The van der Waals surface area contributed by atoms with Crippen molar-refractivity contribution in [3.8, 4) is 0 Å². The van der Waals surface area contributed by atoms with Crippen LogP contribution in [0, 0.1) is 5.41 Å². The molecule has 0 radical (unpaired) electrons. The first-order chi connectivity index (χ1) is 7.88. The van der Waals surface area contributed by atoms with E-state index in [-0.39, 0.29) is 5.78 Å². The molecule has 1 aliphatic carbocycles. The average molecular weight is 234 g/mol. The van der Waals surface area contributed by atoms with Gasteiger partial charge in [-0.05, 0) is 33.1 Å². The molecule has 1 rings (SSSR count). The molecule has 17 heavy (non-hydrogen) atoms. The summed E-state index contributed by atoms with van der Waals surface area (Å²) < 4.78 is 0. The second-order valence-corrected chi connectivity index (χ2v) is 4.89. The third-order valence-corrected chi connectivity index (χ3v) is 3.06. The predicted octanol–water partition coefficient (Wildman–Crippen LogP) is 2.89. The second kappa shape index (κ2) is 5.13. The number of carboxylic acids is 1. The molecule has 3 nitrogen and oxygen atoms in total. The first-order valence-electron chi connectivity index (χ1n) is 5.70. The molecule has 0 bridgehead atoms. The van der Waals surface area contributed by atoms with E-state index in [0.29, 0.717) is 24.8 Å². The van der Waals surface area contributed by atoms with Crippen molar-refractivity contribution in [1.82, 2.24) is 0 Å². The van der Waals surface area contributed by atoms with Crippen molar-refractivity contribution in [1.29, 1.82) is 0 Å². The van der Waals surface area contributed by atoms with Crippen molar-refractivity contribution < 1.29 is 14.7 Å². The van der Waals surface area contributed by atoms with Crippen molar-refractivity contribution in [3.05, 3.63) is 36.0 Å². The summed E-state index contributed by atoms with van der Waals surface area (Å²) in [6.07, 6.45) is 7.00. The van der Waals surface area contributed by atoms with E-state index < -0.39 is 11.4 Å². The van der Waals surface area contributed by atoms with E-state index in [0.717, 1.165) is 5.57 Å². The Kier molecular flexibility index (Phi) is 4.05. The van der Waals surface area contributed by atoms with Gasteiger partial charge in [0.1, 0.15) is 0 Å². The van der Waals surface area contributed by atoms with Gasteiger partial charge in [0.05, 0.1) is 5.41 Å². The number of carboxylic acid groups (broad SMARTS) is 1. The highest BCUT2D eigenvalue weighted by molar-refractivity contribution is 6.12. The first-order valence-corrected chi connectivity index (χ1v) is 5.70. The largest absolute Gasteiger partial charge is 0.481 e. The third kappa shape index (κ3) is 3.16. The van der Waals surface area contributed by atoms with E-state index in [1.54, 1.807) is 32.1 Å². The number of ketones is 1. The zero-order valence-electron chi connectivity index (χ0n) is 10.3. The number of rotatable bonds is 6. The minimum Gasteiger partial charge on any atom is -0.481 e. The summed E-state index contributed by atoms with van der Waals surface area (Å²) in [6, 6.07) is 0. The van der Waals surface area contributed by atoms with Crippen molar-refractivity contribution in [2.45, 2.75) is 33.1 Å². The van der Waals surface area contributed by atoms with Gasteiger partial charge in [0.25, 0.3) is 0 Å². The van der Waals surface area contributed by atoms with Crippen LogP contribution >= 0.6 is 0 Å². The van der Waals surface area contributed by atoms with Crippen LogP contribution in [0.4, 0.5) is 0 Å². The number of allylic oxidation sites excluding steroid dienone is 5. The van der Waals surface area contributed by atoms with Gasteiger partial charge in [0, 0.05) is 11.1 Å². The van der Waals surface area contributed by atoms with Crippen LogP contribution in [0.3, 0.4) is 0 Å². The van der Waals surface area contributed by atoms with E-state index in [2.05, 4.69) is 6.58 Å². The second-order valence-electron chi connectivity index (χ2n) is 4.89. The van der Waals surface area contributed by atoms with E-state index in [4.69, 9.17) is 5.11 Å². The topological polar surface area (TPSA) is 54.4 Å². The Bertz CT molecular complexity index is 411. The van der Waals surface area contributed by atoms with E-state index in [9.17, 15) is 9.59 Å². The molecule has 0 saturated heterocycles. The molecule has 3 heteroatoms. The normalized spacial score (nSPS) is 15.5. The number of hydrogen-bond acceptors (Lipinski definition) is 2. The molecular formula is C14H18O3. The fourth-order valence-electron chi connectivity index (χ4n) is 1.71. The molecule has 0 heterocycles. The van der Waals surface area contributed by atoms with E-state index >= 15 is 0 Å². The molecule has 0 spiro atoms. The number of Topliss-reactive ketones (excluding diaryl/α,β-unsaturated/α-hetero) is 1. The standard InChI is InChI=1S/C14H18O3/c1-4-10-7-8-11(12(10)15)6-5-9-14(2,3)13(16)17/h4,7-8H,1,5-6,9H2,2-3H3,(H,16,17).